The van der Waals surface area contributed by atoms with Gasteiger partial charge in [-0.2, -0.15) is 0 Å². The van der Waals surface area contributed by atoms with Crippen molar-refractivity contribution in [1.29, 1.82) is 0 Å². The molecule has 2 heterocycles. The summed E-state index contributed by atoms with van der Waals surface area (Å²) in [6, 6.07) is 16.8. The smallest absolute Gasteiger partial charge is 0.348 e. The van der Waals surface area contributed by atoms with Crippen molar-refractivity contribution < 1.29 is 14.3 Å². The number of fused-ring (bicyclic) bond motifs is 1. The van der Waals surface area contributed by atoms with Crippen LogP contribution in [0.1, 0.15) is 20.8 Å². The van der Waals surface area contributed by atoms with Gasteiger partial charge in [0.25, 0.3) is 5.56 Å². The Hall–Kier alpha value is -3.16. The minimum atomic E-state index is -0.432. The zero-order valence-electron chi connectivity index (χ0n) is 17.4. The number of halogens is 1. The molecule has 0 N–H and O–H groups in total. The molecule has 0 unspecified atom stereocenters. The van der Waals surface area contributed by atoms with E-state index in [9.17, 15) is 9.59 Å². The molecule has 0 saturated carbocycles. The van der Waals surface area contributed by atoms with Crippen LogP contribution in [0.5, 0.6) is 5.75 Å². The molecule has 0 bridgehead atoms. The van der Waals surface area contributed by atoms with Crippen molar-refractivity contribution in [3.05, 3.63) is 92.3 Å². The number of carbonyl (C=O) groups is 1. The van der Waals surface area contributed by atoms with Crippen molar-refractivity contribution in [2.75, 3.05) is 13.2 Å². The normalized spacial score (nSPS) is 10.9. The summed E-state index contributed by atoms with van der Waals surface area (Å²) in [6.07, 6.45) is 2.12. The third-order valence-electron chi connectivity index (χ3n) is 4.98. The van der Waals surface area contributed by atoms with Crippen LogP contribution in [0, 0.1) is 6.92 Å². The molecule has 2 aromatic carbocycles. The monoisotopic (exact) mass is 468 g/mol. The van der Waals surface area contributed by atoms with Crippen LogP contribution in [0.4, 0.5) is 0 Å². The van der Waals surface area contributed by atoms with Gasteiger partial charge in [-0.15, -0.1) is 11.3 Å². The first-order valence-corrected chi connectivity index (χ1v) is 11.3. The Morgan fingerprint density at radius 1 is 1.09 bits per heavy atom. The highest BCUT2D eigenvalue weighted by Gasteiger charge is 2.20. The second-order valence-electron chi connectivity index (χ2n) is 7.15. The van der Waals surface area contributed by atoms with Crippen LogP contribution in [0.25, 0.3) is 10.2 Å². The largest absolute Gasteiger partial charge is 0.492 e. The highest BCUT2D eigenvalue weighted by atomic mass is 35.5. The standard InChI is InChI=1S/C24H21ClN2O4S/c1-16-20-22(32-21(16)24(29)31-13-11-17-5-3-2-4-6-17)26-15-27(23(20)28)12-14-30-19-9-7-18(25)8-10-19/h2-10,15H,11-14H2,1H3. The van der Waals surface area contributed by atoms with E-state index < -0.39 is 5.97 Å². The van der Waals surface area contributed by atoms with E-state index in [1.165, 1.54) is 22.2 Å². The average molecular weight is 469 g/mol. The molecule has 0 fully saturated rings. The number of thiophene rings is 1. The average Bonchev–Trinajstić information content (AvgIpc) is 3.14. The molecule has 164 valence electrons. The predicted molar refractivity (Wildman–Crippen MR) is 126 cm³/mol. The molecule has 2 aromatic heterocycles. The molecule has 6 nitrogen and oxygen atoms in total. The van der Waals surface area contributed by atoms with Crippen LogP contribution in [0.15, 0.2) is 65.7 Å². The molecule has 0 spiro atoms. The second kappa shape index (κ2) is 9.97. The van der Waals surface area contributed by atoms with E-state index in [-0.39, 0.29) is 12.2 Å². The molecule has 0 atom stereocenters. The first-order valence-electron chi connectivity index (χ1n) is 10.1. The van der Waals surface area contributed by atoms with Crippen LogP contribution in [-0.2, 0) is 17.7 Å². The Morgan fingerprint density at radius 3 is 2.59 bits per heavy atom. The highest BCUT2D eigenvalue weighted by Crippen LogP contribution is 2.27. The number of ether oxygens (including phenoxy) is 2. The summed E-state index contributed by atoms with van der Waals surface area (Å²) in [4.78, 5) is 30.9. The van der Waals surface area contributed by atoms with Crippen LogP contribution in [0.2, 0.25) is 5.02 Å². The van der Waals surface area contributed by atoms with Gasteiger partial charge in [-0.05, 0) is 42.3 Å². The summed E-state index contributed by atoms with van der Waals surface area (Å²) in [5.74, 6) is 0.238. The Bertz CT molecular complexity index is 1280. The quantitative estimate of drug-likeness (QED) is 0.344. The first-order chi connectivity index (χ1) is 15.5. The van der Waals surface area contributed by atoms with E-state index in [2.05, 4.69) is 4.98 Å². The molecule has 0 aliphatic carbocycles. The van der Waals surface area contributed by atoms with Gasteiger partial charge in [0, 0.05) is 11.4 Å². The topological polar surface area (TPSA) is 70.4 Å². The summed E-state index contributed by atoms with van der Waals surface area (Å²) in [5, 5.41) is 1.07. The first kappa shape index (κ1) is 22.0. The van der Waals surface area contributed by atoms with Gasteiger partial charge in [0.05, 0.1) is 24.9 Å². The number of carbonyl (C=O) groups excluding carboxylic acids is 1. The maximum absolute atomic E-state index is 13.0. The summed E-state index contributed by atoms with van der Waals surface area (Å²) < 4.78 is 12.6. The minimum absolute atomic E-state index is 0.202. The summed E-state index contributed by atoms with van der Waals surface area (Å²) >= 11 is 7.05. The number of hydrogen-bond donors (Lipinski definition) is 0. The molecule has 4 aromatic rings. The van der Waals surface area contributed by atoms with Crippen molar-refractivity contribution >= 4 is 39.1 Å². The fourth-order valence-corrected chi connectivity index (χ4v) is 4.44. The summed E-state index contributed by atoms with van der Waals surface area (Å²) in [6.45, 7) is 2.66. The van der Waals surface area contributed by atoms with E-state index in [1.807, 2.05) is 30.3 Å². The molecule has 0 amide bonds. The van der Waals surface area contributed by atoms with E-state index in [1.54, 1.807) is 31.2 Å². The maximum atomic E-state index is 13.0. The minimum Gasteiger partial charge on any atom is -0.492 e. The van der Waals surface area contributed by atoms with Crippen LogP contribution >= 0.6 is 22.9 Å². The Kier molecular flexibility index (Phi) is 6.87. The van der Waals surface area contributed by atoms with Gasteiger partial charge in [-0.3, -0.25) is 9.36 Å². The van der Waals surface area contributed by atoms with Crippen molar-refractivity contribution in [2.45, 2.75) is 19.9 Å². The Morgan fingerprint density at radius 2 is 1.84 bits per heavy atom. The third kappa shape index (κ3) is 5.00. The van der Waals surface area contributed by atoms with E-state index >= 15 is 0 Å². The van der Waals surface area contributed by atoms with Crippen LogP contribution < -0.4 is 10.3 Å². The van der Waals surface area contributed by atoms with Crippen molar-refractivity contribution in [3.8, 4) is 5.75 Å². The zero-order chi connectivity index (χ0) is 22.5. The van der Waals surface area contributed by atoms with Crippen LogP contribution in [-0.4, -0.2) is 28.7 Å². The van der Waals surface area contributed by atoms with Gasteiger partial charge in [0.2, 0.25) is 0 Å². The molecule has 4 rings (SSSR count). The molecule has 32 heavy (non-hydrogen) atoms. The summed E-state index contributed by atoms with van der Waals surface area (Å²) in [5.41, 5.74) is 1.49. The second-order valence-corrected chi connectivity index (χ2v) is 8.59. The molecule has 0 aliphatic rings. The molecule has 0 radical (unpaired) electrons. The van der Waals surface area contributed by atoms with E-state index in [0.717, 1.165) is 5.56 Å². The van der Waals surface area contributed by atoms with E-state index in [4.69, 9.17) is 21.1 Å². The fraction of sp³-hybridized carbons (Fsp3) is 0.208. The number of benzene rings is 2. The number of esters is 1. The number of hydrogen-bond acceptors (Lipinski definition) is 6. The molecule has 0 saturated heterocycles. The third-order valence-corrected chi connectivity index (χ3v) is 6.42. The lowest BCUT2D eigenvalue weighted by Crippen LogP contribution is -2.23. The summed E-state index contributed by atoms with van der Waals surface area (Å²) in [7, 11) is 0. The van der Waals surface area contributed by atoms with Crippen molar-refractivity contribution in [2.24, 2.45) is 0 Å². The molecular formula is C24H21ClN2O4S. The number of aryl methyl sites for hydroxylation is 1. The van der Waals surface area contributed by atoms with Gasteiger partial charge in [-0.25, -0.2) is 9.78 Å². The lowest BCUT2D eigenvalue weighted by Gasteiger charge is -2.08. The molecule has 8 heteroatoms. The predicted octanol–water partition coefficient (Wildman–Crippen LogP) is 4.90. The Balaban J connectivity index is 1.43. The number of nitrogens with zero attached hydrogens (tertiary/aromatic N) is 2. The van der Waals surface area contributed by atoms with E-state index in [0.29, 0.717) is 51.0 Å². The van der Waals surface area contributed by atoms with Gasteiger partial charge in [0.1, 0.15) is 22.1 Å². The number of rotatable bonds is 8. The van der Waals surface area contributed by atoms with Gasteiger partial charge in [-0.1, -0.05) is 41.9 Å². The molecule has 0 aliphatic heterocycles. The maximum Gasteiger partial charge on any atom is 0.348 e. The van der Waals surface area contributed by atoms with Crippen molar-refractivity contribution in [3.63, 3.8) is 0 Å². The lowest BCUT2D eigenvalue weighted by molar-refractivity contribution is 0.0514. The van der Waals surface area contributed by atoms with Crippen LogP contribution in [0.3, 0.4) is 0 Å². The highest BCUT2D eigenvalue weighted by molar-refractivity contribution is 7.20. The van der Waals surface area contributed by atoms with Crippen molar-refractivity contribution in [1.82, 2.24) is 9.55 Å². The van der Waals surface area contributed by atoms with Gasteiger partial charge in [0.15, 0.2) is 0 Å². The van der Waals surface area contributed by atoms with Gasteiger partial charge < -0.3 is 9.47 Å². The van der Waals surface area contributed by atoms with Gasteiger partial charge >= 0.3 is 5.97 Å². The number of aromatic nitrogens is 2. The SMILES string of the molecule is Cc1c(C(=O)OCCc2ccccc2)sc2ncn(CCOc3ccc(Cl)cc3)c(=O)c12. The fourth-order valence-electron chi connectivity index (χ4n) is 3.28. The molecular weight excluding hydrogens is 448 g/mol. The lowest BCUT2D eigenvalue weighted by atomic mass is 10.2. The Labute approximate surface area is 194 Å². The zero-order valence-corrected chi connectivity index (χ0v) is 19.0.